The fourth-order valence-electron chi connectivity index (χ4n) is 4.05. The number of hydrogen-bond donors (Lipinski definition) is 2. The zero-order chi connectivity index (χ0) is 26.6. The van der Waals surface area contributed by atoms with E-state index in [4.69, 9.17) is 14.2 Å². The summed E-state index contributed by atoms with van der Waals surface area (Å²) >= 11 is 1.70. The Bertz CT molecular complexity index is 1220. The number of nitrogens with zero attached hydrogens (tertiary/aromatic N) is 3. The van der Waals surface area contributed by atoms with Gasteiger partial charge >= 0.3 is 0 Å². The summed E-state index contributed by atoms with van der Waals surface area (Å²) in [7, 11) is 1.63. The van der Waals surface area contributed by atoms with E-state index >= 15 is 0 Å². The van der Waals surface area contributed by atoms with Crippen LogP contribution in [0.3, 0.4) is 0 Å². The van der Waals surface area contributed by atoms with Gasteiger partial charge in [0.15, 0.2) is 11.5 Å². The number of aromatic nitrogens is 2. The lowest BCUT2D eigenvalue weighted by Crippen LogP contribution is -2.37. The van der Waals surface area contributed by atoms with E-state index in [1.807, 2.05) is 42.7 Å². The second-order valence-electron chi connectivity index (χ2n) is 8.76. The van der Waals surface area contributed by atoms with Gasteiger partial charge in [-0.05, 0) is 42.5 Å². The zero-order valence-electron chi connectivity index (χ0n) is 21.9. The highest BCUT2D eigenvalue weighted by molar-refractivity contribution is 7.98. The van der Waals surface area contributed by atoms with Gasteiger partial charge in [-0.2, -0.15) is 11.8 Å². The lowest BCUT2D eigenvalue weighted by molar-refractivity contribution is -0.116. The summed E-state index contributed by atoms with van der Waals surface area (Å²) in [6, 6.07) is 11.6. The topological polar surface area (TPSA) is 97.8 Å². The smallest absolute Gasteiger partial charge is 0.244 e. The number of ether oxygens (including phenoxy) is 3. The summed E-state index contributed by atoms with van der Waals surface area (Å²) in [6.45, 7) is 5.78. The monoisotopic (exact) mass is 537 g/mol. The molecule has 1 aromatic heterocycles. The number of benzene rings is 2. The third-order valence-corrected chi connectivity index (χ3v) is 6.72. The Morgan fingerprint density at radius 3 is 2.74 bits per heavy atom. The van der Waals surface area contributed by atoms with Crippen LogP contribution >= 0.6 is 11.8 Å². The molecule has 10 heteroatoms. The van der Waals surface area contributed by atoms with Gasteiger partial charge in [0, 0.05) is 55.1 Å². The predicted molar refractivity (Wildman–Crippen MR) is 154 cm³/mol. The molecule has 2 aromatic carbocycles. The van der Waals surface area contributed by atoms with E-state index in [0.29, 0.717) is 30.5 Å². The lowest BCUT2D eigenvalue weighted by Gasteiger charge is -2.26. The van der Waals surface area contributed by atoms with Crippen molar-refractivity contribution < 1.29 is 19.0 Å². The van der Waals surface area contributed by atoms with E-state index in [1.54, 1.807) is 31.0 Å². The maximum atomic E-state index is 11.9. The zero-order valence-corrected chi connectivity index (χ0v) is 22.8. The second kappa shape index (κ2) is 14.6. The highest BCUT2D eigenvalue weighted by Crippen LogP contribution is 2.34. The van der Waals surface area contributed by atoms with Gasteiger partial charge in [-0.1, -0.05) is 12.1 Å². The van der Waals surface area contributed by atoms with Gasteiger partial charge in [0.25, 0.3) is 0 Å². The molecule has 0 saturated carbocycles. The lowest BCUT2D eigenvalue weighted by atomic mass is 10.1. The molecule has 1 fully saturated rings. The number of hydrogen-bond acceptors (Lipinski definition) is 9. The maximum Gasteiger partial charge on any atom is 0.244 e. The van der Waals surface area contributed by atoms with Crippen molar-refractivity contribution >= 4 is 46.2 Å². The summed E-state index contributed by atoms with van der Waals surface area (Å²) in [4.78, 5) is 23.2. The SMILES string of the molecule is COc1cc2c(Nc3ccc(C=CC(=O)NCCSC)cc3)ncnc2cc1OCCCN1CCOCC1. The number of nitrogens with one attached hydrogen (secondary N) is 2. The number of fused-ring (bicyclic) bond motifs is 1. The fraction of sp³-hybridized carbons (Fsp3) is 0.393. The van der Waals surface area contributed by atoms with Crippen molar-refractivity contribution in [2.75, 3.05) is 70.4 Å². The first-order valence-electron chi connectivity index (χ1n) is 12.7. The molecule has 9 nitrogen and oxygen atoms in total. The van der Waals surface area contributed by atoms with Gasteiger partial charge in [0.05, 0.1) is 32.4 Å². The van der Waals surface area contributed by atoms with E-state index in [1.165, 1.54) is 6.33 Å². The quantitative estimate of drug-likeness (QED) is 0.248. The predicted octanol–water partition coefficient (Wildman–Crippen LogP) is 3.98. The number of morpholine rings is 1. The number of amides is 1. The highest BCUT2D eigenvalue weighted by atomic mass is 32.2. The Hall–Kier alpha value is -3.34. The molecule has 0 radical (unpaired) electrons. The van der Waals surface area contributed by atoms with E-state index in [0.717, 1.165) is 67.2 Å². The first kappa shape index (κ1) is 27.7. The van der Waals surface area contributed by atoms with Gasteiger partial charge in [-0.3, -0.25) is 9.69 Å². The van der Waals surface area contributed by atoms with Gasteiger partial charge < -0.3 is 24.8 Å². The summed E-state index contributed by atoms with van der Waals surface area (Å²) in [6.07, 6.45) is 7.82. The number of methoxy groups -OCH3 is 1. The molecule has 38 heavy (non-hydrogen) atoms. The third kappa shape index (κ3) is 8.08. The van der Waals surface area contributed by atoms with Crippen LogP contribution in [0.25, 0.3) is 17.0 Å². The Morgan fingerprint density at radius 2 is 1.97 bits per heavy atom. The van der Waals surface area contributed by atoms with E-state index in [9.17, 15) is 4.79 Å². The molecule has 0 unspecified atom stereocenters. The van der Waals surface area contributed by atoms with Crippen molar-refractivity contribution in [3.05, 3.63) is 54.4 Å². The first-order chi connectivity index (χ1) is 18.7. The third-order valence-electron chi connectivity index (χ3n) is 6.11. The average molecular weight is 538 g/mol. The number of thioether (sulfide) groups is 1. The number of carbonyl (C=O) groups excluding carboxylic acids is 1. The van der Waals surface area contributed by atoms with Crippen LogP contribution in [0, 0.1) is 0 Å². The molecule has 2 N–H and O–H groups in total. The van der Waals surface area contributed by atoms with Crippen LogP contribution in [0.4, 0.5) is 11.5 Å². The number of carbonyl (C=O) groups is 1. The molecule has 0 aliphatic carbocycles. The summed E-state index contributed by atoms with van der Waals surface area (Å²) < 4.78 is 17.1. The molecular formula is C28H35N5O4S. The van der Waals surface area contributed by atoms with Gasteiger partial charge in [0.2, 0.25) is 5.91 Å². The number of anilines is 2. The van der Waals surface area contributed by atoms with E-state index in [2.05, 4.69) is 25.5 Å². The fourth-order valence-corrected chi connectivity index (χ4v) is 4.36. The molecule has 0 bridgehead atoms. The van der Waals surface area contributed by atoms with Crippen LogP contribution in [-0.4, -0.2) is 85.9 Å². The minimum absolute atomic E-state index is 0.0943. The normalized spacial score (nSPS) is 14.1. The van der Waals surface area contributed by atoms with Crippen molar-refractivity contribution in [1.29, 1.82) is 0 Å². The van der Waals surface area contributed by atoms with Gasteiger partial charge in [-0.15, -0.1) is 0 Å². The minimum atomic E-state index is -0.0943. The van der Waals surface area contributed by atoms with Crippen molar-refractivity contribution in [2.45, 2.75) is 6.42 Å². The van der Waals surface area contributed by atoms with Crippen LogP contribution in [0.5, 0.6) is 11.5 Å². The standard InChI is InChI=1S/C28H35N5O4S/c1-35-25-18-23-24(19-26(25)37-14-3-11-33-12-15-36-16-13-33)30-20-31-28(23)32-22-7-4-21(5-8-22)6-9-27(34)29-10-17-38-2/h4-9,18-20H,3,10-17H2,1-2H3,(H,29,34)(H,30,31,32). The van der Waals surface area contributed by atoms with Gasteiger partial charge in [-0.25, -0.2) is 9.97 Å². The summed E-state index contributed by atoms with van der Waals surface area (Å²) in [5, 5.41) is 7.05. The number of rotatable bonds is 13. The maximum absolute atomic E-state index is 11.9. The van der Waals surface area contributed by atoms with Crippen molar-refractivity contribution in [3.8, 4) is 11.5 Å². The van der Waals surface area contributed by atoms with Gasteiger partial charge in [0.1, 0.15) is 12.1 Å². The summed E-state index contributed by atoms with van der Waals surface area (Å²) in [5.74, 6) is 2.78. The summed E-state index contributed by atoms with van der Waals surface area (Å²) in [5.41, 5.74) is 2.56. The molecule has 0 spiro atoms. The Balaban J connectivity index is 1.38. The minimum Gasteiger partial charge on any atom is -0.493 e. The Kier molecular flexibility index (Phi) is 10.6. The average Bonchev–Trinajstić information content (AvgIpc) is 2.95. The Morgan fingerprint density at radius 1 is 1.16 bits per heavy atom. The molecule has 202 valence electrons. The Labute approximate surface area is 228 Å². The van der Waals surface area contributed by atoms with Crippen LogP contribution in [0.2, 0.25) is 0 Å². The molecule has 1 aliphatic rings. The van der Waals surface area contributed by atoms with Crippen LogP contribution in [0.1, 0.15) is 12.0 Å². The van der Waals surface area contributed by atoms with Crippen molar-refractivity contribution in [2.24, 2.45) is 0 Å². The molecule has 1 amide bonds. The van der Waals surface area contributed by atoms with Crippen LogP contribution in [0.15, 0.2) is 48.8 Å². The second-order valence-corrected chi connectivity index (χ2v) is 9.75. The van der Waals surface area contributed by atoms with E-state index < -0.39 is 0 Å². The highest BCUT2D eigenvalue weighted by Gasteiger charge is 2.13. The first-order valence-corrected chi connectivity index (χ1v) is 14.1. The van der Waals surface area contributed by atoms with Crippen molar-refractivity contribution in [1.82, 2.24) is 20.2 Å². The molecule has 1 aliphatic heterocycles. The molecule has 0 atom stereocenters. The largest absolute Gasteiger partial charge is 0.493 e. The van der Waals surface area contributed by atoms with Crippen LogP contribution in [-0.2, 0) is 9.53 Å². The van der Waals surface area contributed by atoms with Crippen LogP contribution < -0.4 is 20.1 Å². The molecule has 4 rings (SSSR count). The van der Waals surface area contributed by atoms with Crippen molar-refractivity contribution in [3.63, 3.8) is 0 Å². The van der Waals surface area contributed by atoms with E-state index in [-0.39, 0.29) is 5.91 Å². The molecule has 1 saturated heterocycles. The molecule has 3 aromatic rings. The molecule has 2 heterocycles. The molecular weight excluding hydrogens is 502 g/mol.